The Balaban J connectivity index is 1.55. The highest BCUT2D eigenvalue weighted by Crippen LogP contribution is 2.38. The molecule has 0 spiro atoms. The van der Waals surface area contributed by atoms with Gasteiger partial charge in [0.1, 0.15) is 11.6 Å². The molecular weight excluding hydrogens is 314 g/mol. The van der Waals surface area contributed by atoms with Crippen molar-refractivity contribution in [1.29, 1.82) is 0 Å². The summed E-state index contributed by atoms with van der Waals surface area (Å²) in [5, 5.41) is 13.3. The zero-order chi connectivity index (χ0) is 17.4. The molecule has 1 fully saturated rings. The van der Waals surface area contributed by atoms with Crippen molar-refractivity contribution in [2.45, 2.75) is 45.3 Å². The molecule has 4 rings (SSSR count). The number of hydrogen-bond donors (Lipinski definition) is 0. The van der Waals surface area contributed by atoms with Gasteiger partial charge in [0, 0.05) is 19.5 Å². The molecule has 6 nitrogen and oxygen atoms in total. The smallest absolute Gasteiger partial charge is 0.178 e. The maximum absolute atomic E-state index is 5.78. The standard InChI is InChI=1S/C19H23N5O/c1-13(2)25-16-6-4-5-14(11-16)12-23(3)18-10-9-17-20-21-19(15-7-8-15)24(17)22-18/h4-6,9-11,13,15H,7-8,12H2,1-3H3. The second-order valence-electron chi connectivity index (χ2n) is 6.96. The van der Waals surface area contributed by atoms with Crippen LogP contribution in [0.2, 0.25) is 0 Å². The number of hydrogen-bond acceptors (Lipinski definition) is 5. The van der Waals surface area contributed by atoms with Crippen LogP contribution in [0.1, 0.15) is 44.0 Å². The van der Waals surface area contributed by atoms with Crippen LogP contribution >= 0.6 is 0 Å². The molecule has 1 aliphatic carbocycles. The van der Waals surface area contributed by atoms with Gasteiger partial charge in [-0.25, -0.2) is 0 Å². The minimum Gasteiger partial charge on any atom is -0.491 e. The highest BCUT2D eigenvalue weighted by molar-refractivity contribution is 5.46. The number of fused-ring (bicyclic) bond motifs is 1. The van der Waals surface area contributed by atoms with Gasteiger partial charge in [-0.05, 0) is 56.5 Å². The van der Waals surface area contributed by atoms with E-state index in [1.807, 2.05) is 49.7 Å². The average molecular weight is 337 g/mol. The zero-order valence-corrected chi connectivity index (χ0v) is 14.9. The van der Waals surface area contributed by atoms with Crippen molar-refractivity contribution in [3.8, 4) is 5.75 Å². The summed E-state index contributed by atoms with van der Waals surface area (Å²) in [6.45, 7) is 4.83. The van der Waals surface area contributed by atoms with Gasteiger partial charge >= 0.3 is 0 Å². The number of anilines is 1. The molecule has 6 heteroatoms. The lowest BCUT2D eigenvalue weighted by molar-refractivity contribution is 0.242. The molecule has 0 aliphatic heterocycles. The van der Waals surface area contributed by atoms with Gasteiger partial charge in [0.15, 0.2) is 11.5 Å². The molecule has 130 valence electrons. The number of nitrogens with zero attached hydrogens (tertiary/aromatic N) is 5. The first-order valence-corrected chi connectivity index (χ1v) is 8.79. The molecule has 25 heavy (non-hydrogen) atoms. The molecule has 0 atom stereocenters. The normalized spacial score (nSPS) is 14.2. The minimum atomic E-state index is 0.173. The highest BCUT2D eigenvalue weighted by atomic mass is 16.5. The number of rotatable bonds is 6. The van der Waals surface area contributed by atoms with Crippen molar-refractivity contribution in [2.24, 2.45) is 0 Å². The van der Waals surface area contributed by atoms with Crippen LogP contribution < -0.4 is 9.64 Å². The van der Waals surface area contributed by atoms with E-state index in [4.69, 9.17) is 9.84 Å². The monoisotopic (exact) mass is 337 g/mol. The Morgan fingerprint density at radius 2 is 2.04 bits per heavy atom. The summed E-state index contributed by atoms with van der Waals surface area (Å²) < 4.78 is 7.67. The fourth-order valence-electron chi connectivity index (χ4n) is 2.94. The maximum Gasteiger partial charge on any atom is 0.178 e. The van der Waals surface area contributed by atoms with Crippen LogP contribution in [-0.2, 0) is 6.54 Å². The zero-order valence-electron chi connectivity index (χ0n) is 14.9. The molecule has 0 bridgehead atoms. The van der Waals surface area contributed by atoms with Crippen molar-refractivity contribution in [3.63, 3.8) is 0 Å². The van der Waals surface area contributed by atoms with Crippen molar-refractivity contribution >= 4 is 11.5 Å². The summed E-state index contributed by atoms with van der Waals surface area (Å²) in [5.74, 6) is 3.31. The first kappa shape index (κ1) is 15.9. The van der Waals surface area contributed by atoms with E-state index in [9.17, 15) is 0 Å². The van der Waals surface area contributed by atoms with Gasteiger partial charge in [0.25, 0.3) is 0 Å². The first-order valence-electron chi connectivity index (χ1n) is 8.79. The summed E-state index contributed by atoms with van der Waals surface area (Å²) in [6.07, 6.45) is 2.54. The summed E-state index contributed by atoms with van der Waals surface area (Å²) in [5.41, 5.74) is 2.00. The van der Waals surface area contributed by atoms with Gasteiger partial charge in [-0.1, -0.05) is 12.1 Å². The van der Waals surface area contributed by atoms with E-state index in [1.165, 1.54) is 18.4 Å². The molecule has 0 radical (unpaired) electrons. The molecule has 2 heterocycles. The molecule has 3 aromatic rings. The summed E-state index contributed by atoms with van der Waals surface area (Å²) in [4.78, 5) is 2.13. The minimum absolute atomic E-state index is 0.173. The lowest BCUT2D eigenvalue weighted by atomic mass is 10.2. The van der Waals surface area contributed by atoms with Crippen LogP contribution in [-0.4, -0.2) is 33.0 Å². The maximum atomic E-state index is 5.78. The third-order valence-electron chi connectivity index (χ3n) is 4.30. The molecule has 1 saturated carbocycles. The van der Waals surface area contributed by atoms with Crippen LogP contribution in [0.25, 0.3) is 5.65 Å². The lowest BCUT2D eigenvalue weighted by Gasteiger charge is -2.19. The lowest BCUT2D eigenvalue weighted by Crippen LogP contribution is -2.19. The van der Waals surface area contributed by atoms with E-state index >= 15 is 0 Å². The largest absolute Gasteiger partial charge is 0.491 e. The van der Waals surface area contributed by atoms with Crippen molar-refractivity contribution in [1.82, 2.24) is 19.8 Å². The molecule has 0 unspecified atom stereocenters. The van der Waals surface area contributed by atoms with Gasteiger partial charge in [-0.3, -0.25) is 0 Å². The van der Waals surface area contributed by atoms with Crippen LogP contribution in [0.4, 0.5) is 5.82 Å². The third kappa shape index (κ3) is 3.43. The summed E-state index contributed by atoms with van der Waals surface area (Å²) in [7, 11) is 2.05. The Morgan fingerprint density at radius 1 is 1.20 bits per heavy atom. The van der Waals surface area contributed by atoms with E-state index in [0.717, 1.165) is 29.6 Å². The Bertz CT molecular complexity index is 884. The number of ether oxygens (including phenoxy) is 1. The van der Waals surface area contributed by atoms with Crippen LogP contribution in [0.3, 0.4) is 0 Å². The predicted molar refractivity (Wildman–Crippen MR) is 97.1 cm³/mol. The van der Waals surface area contributed by atoms with Crippen molar-refractivity contribution < 1.29 is 4.74 Å². The Hall–Kier alpha value is -2.63. The second kappa shape index (κ2) is 6.35. The Morgan fingerprint density at radius 3 is 2.80 bits per heavy atom. The van der Waals surface area contributed by atoms with E-state index in [0.29, 0.717) is 5.92 Å². The quantitative estimate of drug-likeness (QED) is 0.690. The van der Waals surface area contributed by atoms with E-state index in [2.05, 4.69) is 27.2 Å². The molecule has 1 aromatic carbocycles. The first-order chi connectivity index (χ1) is 12.1. The van der Waals surface area contributed by atoms with Gasteiger partial charge in [-0.15, -0.1) is 15.3 Å². The molecular formula is C19H23N5O. The molecule has 0 saturated heterocycles. The predicted octanol–water partition coefficient (Wildman–Crippen LogP) is 3.43. The molecule has 1 aliphatic rings. The molecule has 0 amide bonds. The van der Waals surface area contributed by atoms with Crippen molar-refractivity contribution in [2.75, 3.05) is 11.9 Å². The Kier molecular flexibility index (Phi) is 4.03. The second-order valence-corrected chi connectivity index (χ2v) is 6.96. The van der Waals surface area contributed by atoms with Gasteiger partial charge in [0.2, 0.25) is 0 Å². The van der Waals surface area contributed by atoms with E-state index in [1.54, 1.807) is 0 Å². The SMILES string of the molecule is CC(C)Oc1cccc(CN(C)c2ccc3nnc(C4CC4)n3n2)c1. The van der Waals surface area contributed by atoms with Gasteiger partial charge in [-0.2, -0.15) is 4.52 Å². The van der Waals surface area contributed by atoms with Crippen LogP contribution in [0.5, 0.6) is 5.75 Å². The fourth-order valence-corrected chi connectivity index (χ4v) is 2.94. The van der Waals surface area contributed by atoms with Gasteiger partial charge in [0.05, 0.1) is 6.10 Å². The van der Waals surface area contributed by atoms with E-state index < -0.39 is 0 Å². The average Bonchev–Trinajstić information content (AvgIpc) is 3.33. The summed E-state index contributed by atoms with van der Waals surface area (Å²) >= 11 is 0. The van der Waals surface area contributed by atoms with Crippen LogP contribution in [0, 0.1) is 0 Å². The van der Waals surface area contributed by atoms with Gasteiger partial charge < -0.3 is 9.64 Å². The fraction of sp³-hybridized carbons (Fsp3) is 0.421. The van der Waals surface area contributed by atoms with E-state index in [-0.39, 0.29) is 6.10 Å². The molecule has 2 aromatic heterocycles. The van der Waals surface area contributed by atoms with Crippen molar-refractivity contribution in [3.05, 3.63) is 47.8 Å². The Labute approximate surface area is 147 Å². The highest BCUT2D eigenvalue weighted by Gasteiger charge is 2.29. The molecule has 0 N–H and O–H groups in total. The third-order valence-corrected chi connectivity index (χ3v) is 4.30. The van der Waals surface area contributed by atoms with Crippen LogP contribution in [0.15, 0.2) is 36.4 Å². The summed E-state index contributed by atoms with van der Waals surface area (Å²) in [6, 6.07) is 12.2. The number of benzene rings is 1. The number of aromatic nitrogens is 4. The topological polar surface area (TPSA) is 55.5 Å².